The Morgan fingerprint density at radius 2 is 1.40 bits per heavy atom. The van der Waals surface area contributed by atoms with Crippen molar-refractivity contribution in [3.8, 4) is 40.1 Å². The number of ether oxygens (including phenoxy) is 4. The van der Waals surface area contributed by atoms with Gasteiger partial charge in [0.1, 0.15) is 65.2 Å². The van der Waals surface area contributed by atoms with Crippen LogP contribution >= 0.6 is 0 Å². The number of benzene rings is 2. The predicted molar refractivity (Wildman–Crippen MR) is 154 cm³/mol. The highest BCUT2D eigenvalue weighted by Gasteiger charge is 2.48. The fraction of sp³-hybridized carbons (Fsp3) is 0.448. The molecule has 10 unspecified atom stereocenters. The van der Waals surface area contributed by atoms with Crippen LogP contribution in [0.1, 0.15) is 6.92 Å². The summed E-state index contributed by atoms with van der Waals surface area (Å²) in [5.74, 6) is -6.09. The summed E-state index contributed by atoms with van der Waals surface area (Å²) >= 11 is 0. The fourth-order valence-electron chi connectivity index (χ4n) is 4.84. The SMILES string of the molecule is CC1OC(OCC2OC(Oc3c(-c4ccc(O)c(O)c4)oc4cc(O)cc(O)c4c3=O)C(O)C(O)C2O)C(O)C(O)C1O.O=C(O)C(F)(F)F. The number of rotatable bonds is 6. The van der Waals surface area contributed by atoms with Crippen LogP contribution in [0.15, 0.2) is 39.5 Å². The summed E-state index contributed by atoms with van der Waals surface area (Å²) in [6.07, 6.45) is -21.2. The van der Waals surface area contributed by atoms with Crippen molar-refractivity contribution >= 4 is 16.9 Å². The molecule has 5 rings (SSSR count). The van der Waals surface area contributed by atoms with E-state index in [1.165, 1.54) is 13.0 Å². The lowest BCUT2D eigenvalue weighted by molar-refractivity contribution is -0.318. The van der Waals surface area contributed by atoms with Crippen LogP contribution in [0.3, 0.4) is 0 Å². The second kappa shape index (κ2) is 14.8. The number of fused-ring (bicyclic) bond motifs is 1. The summed E-state index contributed by atoms with van der Waals surface area (Å²) in [5.41, 5.74) is -1.35. The molecule has 50 heavy (non-hydrogen) atoms. The molecule has 3 aromatic rings. The highest BCUT2D eigenvalue weighted by atomic mass is 19.4. The topological polar surface area (TPSA) is 307 Å². The van der Waals surface area contributed by atoms with Crippen molar-refractivity contribution in [2.45, 2.75) is 74.5 Å². The first-order valence-electron chi connectivity index (χ1n) is 14.3. The number of carboxylic acids is 1. The summed E-state index contributed by atoms with van der Waals surface area (Å²) in [6, 6.07) is 5.24. The molecule has 2 aliphatic heterocycles. The van der Waals surface area contributed by atoms with E-state index in [1.807, 2.05) is 0 Å². The molecule has 2 fully saturated rings. The Morgan fingerprint density at radius 1 is 0.800 bits per heavy atom. The van der Waals surface area contributed by atoms with E-state index >= 15 is 0 Å². The molecular weight excluding hydrogens is 693 g/mol. The van der Waals surface area contributed by atoms with Gasteiger partial charge in [-0.05, 0) is 25.1 Å². The maximum absolute atomic E-state index is 13.6. The van der Waals surface area contributed by atoms with Gasteiger partial charge in [-0.2, -0.15) is 13.2 Å². The molecule has 0 amide bonds. The monoisotopic (exact) mass is 724 g/mol. The summed E-state index contributed by atoms with van der Waals surface area (Å²) in [5, 5.41) is 109. The fourth-order valence-corrected chi connectivity index (χ4v) is 4.84. The van der Waals surface area contributed by atoms with Crippen molar-refractivity contribution in [2.24, 2.45) is 0 Å². The second-order valence-electron chi connectivity index (χ2n) is 11.1. The number of alkyl halides is 3. The molecule has 0 saturated carbocycles. The van der Waals surface area contributed by atoms with E-state index in [9.17, 15) is 69.0 Å². The van der Waals surface area contributed by atoms with Crippen LogP contribution in [-0.2, 0) is 19.0 Å². The Balaban J connectivity index is 0.000000727. The second-order valence-corrected chi connectivity index (χ2v) is 11.1. The van der Waals surface area contributed by atoms with Crippen molar-refractivity contribution < 1.29 is 97.5 Å². The molecule has 0 radical (unpaired) electrons. The van der Waals surface area contributed by atoms with Crippen LogP contribution in [0.4, 0.5) is 13.2 Å². The molecule has 21 heteroatoms. The number of hydrogen-bond donors (Lipinski definition) is 11. The predicted octanol–water partition coefficient (Wildman–Crippen LogP) is -1.05. The Morgan fingerprint density at radius 3 is 2.00 bits per heavy atom. The minimum Gasteiger partial charge on any atom is -0.508 e. The van der Waals surface area contributed by atoms with Gasteiger partial charge in [0.2, 0.25) is 17.5 Å². The Labute approximate surface area is 276 Å². The summed E-state index contributed by atoms with van der Waals surface area (Å²) in [7, 11) is 0. The number of carboxylic acid groups (broad SMARTS) is 1. The zero-order valence-corrected chi connectivity index (χ0v) is 25.3. The third-order valence-corrected chi connectivity index (χ3v) is 7.53. The average molecular weight is 725 g/mol. The minimum absolute atomic E-state index is 0.0313. The van der Waals surface area contributed by atoms with Crippen LogP contribution in [0.2, 0.25) is 0 Å². The van der Waals surface area contributed by atoms with Crippen LogP contribution in [0, 0.1) is 0 Å². The smallest absolute Gasteiger partial charge is 0.490 e. The lowest BCUT2D eigenvalue weighted by atomic mass is 9.98. The maximum Gasteiger partial charge on any atom is 0.490 e. The average Bonchev–Trinajstić information content (AvgIpc) is 3.03. The lowest BCUT2D eigenvalue weighted by Crippen LogP contribution is -2.61. The number of aliphatic hydroxyl groups is 6. The van der Waals surface area contributed by atoms with Crippen molar-refractivity contribution in [3.63, 3.8) is 0 Å². The van der Waals surface area contributed by atoms with Gasteiger partial charge in [-0.3, -0.25) is 4.79 Å². The number of aromatic hydroxyl groups is 4. The first kappa shape index (κ1) is 38.4. The van der Waals surface area contributed by atoms with Gasteiger partial charge < -0.3 is 79.5 Å². The van der Waals surface area contributed by atoms with E-state index in [4.69, 9.17) is 33.3 Å². The quantitative estimate of drug-likeness (QED) is 0.135. The number of phenols is 4. The zero-order chi connectivity index (χ0) is 37.4. The molecule has 18 nitrogen and oxygen atoms in total. The highest BCUT2D eigenvalue weighted by molar-refractivity contribution is 5.88. The van der Waals surface area contributed by atoms with E-state index in [-0.39, 0.29) is 11.1 Å². The molecule has 0 aliphatic carbocycles. The van der Waals surface area contributed by atoms with E-state index in [0.717, 1.165) is 24.3 Å². The van der Waals surface area contributed by atoms with Crippen molar-refractivity contribution in [2.75, 3.05) is 6.61 Å². The molecule has 276 valence electrons. The van der Waals surface area contributed by atoms with E-state index in [0.29, 0.717) is 0 Å². The Bertz CT molecular complexity index is 1750. The molecule has 2 saturated heterocycles. The molecule has 0 bridgehead atoms. The standard InChI is InChI=1S/C27H30O16.C2HF3O2/c1-8-17(32)20(35)22(37)26(40-8)39-7-15-18(33)21(36)23(38)27(42-15)43-25-19(34)16-13(31)5-10(28)6-14(16)41-24(25)9-2-3-11(29)12(30)4-9;3-2(4,5)1(6)7/h2-6,8,15,17-18,20-23,26-33,35-38H,7H2,1H3;(H,6,7). The molecule has 10 atom stereocenters. The molecule has 3 heterocycles. The van der Waals surface area contributed by atoms with Gasteiger partial charge in [-0.25, -0.2) is 4.79 Å². The summed E-state index contributed by atoms with van der Waals surface area (Å²) in [6.45, 7) is 0.818. The minimum atomic E-state index is -5.08. The first-order valence-corrected chi connectivity index (χ1v) is 14.3. The third kappa shape index (κ3) is 7.96. The molecule has 1 aromatic heterocycles. The number of hydrogen-bond acceptors (Lipinski definition) is 17. The van der Waals surface area contributed by atoms with Crippen LogP contribution in [-0.4, -0.2) is 136 Å². The van der Waals surface area contributed by atoms with E-state index in [2.05, 4.69) is 0 Å². The molecule has 11 N–H and O–H groups in total. The maximum atomic E-state index is 13.6. The first-order chi connectivity index (χ1) is 23.2. The lowest BCUT2D eigenvalue weighted by Gasteiger charge is -2.42. The Hall–Kier alpha value is -4.45. The number of carbonyl (C=O) groups is 1. The largest absolute Gasteiger partial charge is 0.508 e. The van der Waals surface area contributed by atoms with Gasteiger partial charge in [0.05, 0.1) is 12.7 Å². The van der Waals surface area contributed by atoms with Gasteiger partial charge in [0.15, 0.2) is 23.5 Å². The molecular formula is C29H31F3O18. The summed E-state index contributed by atoms with van der Waals surface area (Å²) < 4.78 is 59.5. The van der Waals surface area contributed by atoms with Gasteiger partial charge >= 0.3 is 12.1 Å². The van der Waals surface area contributed by atoms with Crippen LogP contribution in [0.25, 0.3) is 22.3 Å². The molecule has 2 aromatic carbocycles. The number of phenolic OH excluding ortho intramolecular Hbond substituents is 4. The van der Waals surface area contributed by atoms with E-state index in [1.54, 1.807) is 0 Å². The third-order valence-electron chi connectivity index (χ3n) is 7.53. The number of aliphatic carboxylic acids is 1. The Kier molecular flexibility index (Phi) is 11.4. The van der Waals surface area contributed by atoms with Gasteiger partial charge in [0, 0.05) is 17.7 Å². The van der Waals surface area contributed by atoms with Gasteiger partial charge in [0.25, 0.3) is 0 Å². The van der Waals surface area contributed by atoms with Gasteiger partial charge in [-0.15, -0.1) is 0 Å². The van der Waals surface area contributed by atoms with E-state index < -0.39 is 125 Å². The van der Waals surface area contributed by atoms with Crippen molar-refractivity contribution in [1.82, 2.24) is 0 Å². The zero-order valence-electron chi connectivity index (χ0n) is 25.3. The summed E-state index contributed by atoms with van der Waals surface area (Å²) in [4.78, 5) is 22.5. The van der Waals surface area contributed by atoms with Gasteiger partial charge in [-0.1, -0.05) is 0 Å². The van der Waals surface area contributed by atoms with Crippen molar-refractivity contribution in [3.05, 3.63) is 40.6 Å². The number of halogens is 3. The van der Waals surface area contributed by atoms with Crippen molar-refractivity contribution in [1.29, 1.82) is 0 Å². The normalized spacial score (nSPS) is 30.0. The molecule has 0 spiro atoms. The highest BCUT2D eigenvalue weighted by Crippen LogP contribution is 2.39. The molecule has 2 aliphatic rings. The van der Waals surface area contributed by atoms with Crippen LogP contribution in [0.5, 0.6) is 28.7 Å². The number of aliphatic hydroxyl groups excluding tert-OH is 6. The van der Waals surface area contributed by atoms with Crippen LogP contribution < -0.4 is 10.2 Å².